The van der Waals surface area contributed by atoms with Gasteiger partial charge < -0.3 is 10.5 Å². The van der Waals surface area contributed by atoms with Crippen LogP contribution in [0.2, 0.25) is 0 Å². The van der Waals surface area contributed by atoms with Crippen molar-refractivity contribution in [3.05, 3.63) is 23.4 Å². The minimum atomic E-state index is 0.558. The zero-order valence-electron chi connectivity index (χ0n) is 6.79. The molecule has 1 heterocycles. The van der Waals surface area contributed by atoms with Crippen molar-refractivity contribution in [2.24, 2.45) is 0 Å². The van der Waals surface area contributed by atoms with Crippen molar-refractivity contribution in [2.75, 3.05) is 12.8 Å². The molecule has 0 saturated heterocycles. The lowest BCUT2D eigenvalue weighted by Crippen LogP contribution is -1.96. The van der Waals surface area contributed by atoms with Gasteiger partial charge in [-0.25, -0.2) is 4.98 Å². The summed E-state index contributed by atoms with van der Waals surface area (Å²) < 4.78 is 4.97. The van der Waals surface area contributed by atoms with Gasteiger partial charge >= 0.3 is 0 Å². The Hall–Kier alpha value is -1.09. The van der Waals surface area contributed by atoms with Crippen LogP contribution in [0.5, 0.6) is 0 Å². The number of nitrogens with two attached hydrogens (primary N) is 1. The van der Waals surface area contributed by atoms with Crippen molar-refractivity contribution < 1.29 is 4.74 Å². The Morgan fingerprint density at radius 2 is 2.36 bits per heavy atom. The summed E-state index contributed by atoms with van der Waals surface area (Å²) in [6.07, 6.45) is 1.74. The Bertz CT molecular complexity index is 248. The van der Waals surface area contributed by atoms with E-state index in [9.17, 15) is 0 Å². The van der Waals surface area contributed by atoms with Gasteiger partial charge in [0.15, 0.2) is 0 Å². The largest absolute Gasteiger partial charge is 0.384 e. The van der Waals surface area contributed by atoms with Gasteiger partial charge in [-0.2, -0.15) is 0 Å². The van der Waals surface area contributed by atoms with Crippen LogP contribution >= 0.6 is 0 Å². The fourth-order valence-electron chi connectivity index (χ4n) is 0.913. The first-order valence-corrected chi connectivity index (χ1v) is 3.44. The van der Waals surface area contributed by atoms with Crippen LogP contribution in [0.25, 0.3) is 0 Å². The fourth-order valence-corrected chi connectivity index (χ4v) is 0.913. The Kier molecular flexibility index (Phi) is 2.44. The van der Waals surface area contributed by atoms with Crippen LogP contribution in [0.15, 0.2) is 12.3 Å². The van der Waals surface area contributed by atoms with E-state index in [2.05, 4.69) is 4.98 Å². The summed E-state index contributed by atoms with van der Waals surface area (Å²) in [6, 6.07) is 1.84. The summed E-state index contributed by atoms with van der Waals surface area (Å²) in [7, 11) is 1.66. The minimum absolute atomic E-state index is 0.558. The molecule has 3 heteroatoms. The van der Waals surface area contributed by atoms with Crippen LogP contribution in [-0.4, -0.2) is 12.1 Å². The SMILES string of the molecule is COCc1cnc(N)cc1C. The Morgan fingerprint density at radius 3 is 2.91 bits per heavy atom. The molecule has 0 radical (unpaired) electrons. The number of aryl methyl sites for hydroxylation is 1. The molecule has 11 heavy (non-hydrogen) atoms. The van der Waals surface area contributed by atoms with E-state index < -0.39 is 0 Å². The topological polar surface area (TPSA) is 48.1 Å². The summed E-state index contributed by atoms with van der Waals surface area (Å²) in [5.74, 6) is 0.558. The van der Waals surface area contributed by atoms with Gasteiger partial charge in [0.1, 0.15) is 5.82 Å². The van der Waals surface area contributed by atoms with Crippen LogP contribution < -0.4 is 5.73 Å². The number of nitrogens with zero attached hydrogens (tertiary/aromatic N) is 1. The van der Waals surface area contributed by atoms with Gasteiger partial charge in [-0.05, 0) is 24.1 Å². The molecule has 0 amide bonds. The van der Waals surface area contributed by atoms with Gasteiger partial charge in [-0.15, -0.1) is 0 Å². The third-order valence-electron chi connectivity index (χ3n) is 1.54. The van der Waals surface area contributed by atoms with Gasteiger partial charge in [-0.3, -0.25) is 0 Å². The van der Waals surface area contributed by atoms with E-state index in [4.69, 9.17) is 10.5 Å². The fraction of sp³-hybridized carbons (Fsp3) is 0.375. The van der Waals surface area contributed by atoms with E-state index in [1.54, 1.807) is 13.3 Å². The summed E-state index contributed by atoms with van der Waals surface area (Å²) in [4.78, 5) is 3.96. The van der Waals surface area contributed by atoms with E-state index in [0.717, 1.165) is 11.1 Å². The lowest BCUT2D eigenvalue weighted by Gasteiger charge is -2.03. The lowest BCUT2D eigenvalue weighted by molar-refractivity contribution is 0.184. The predicted molar refractivity (Wildman–Crippen MR) is 44.1 cm³/mol. The van der Waals surface area contributed by atoms with E-state index in [-0.39, 0.29) is 0 Å². The van der Waals surface area contributed by atoms with Crippen molar-refractivity contribution in [1.29, 1.82) is 0 Å². The highest BCUT2D eigenvalue weighted by Crippen LogP contribution is 2.09. The van der Waals surface area contributed by atoms with Crippen molar-refractivity contribution in [1.82, 2.24) is 4.98 Å². The first-order valence-electron chi connectivity index (χ1n) is 3.44. The van der Waals surface area contributed by atoms with Crippen LogP contribution in [0.4, 0.5) is 5.82 Å². The summed E-state index contributed by atoms with van der Waals surface area (Å²) in [5.41, 5.74) is 7.68. The zero-order chi connectivity index (χ0) is 8.27. The quantitative estimate of drug-likeness (QED) is 0.690. The molecule has 1 aromatic heterocycles. The number of pyridine rings is 1. The normalized spacial score (nSPS) is 10.0. The van der Waals surface area contributed by atoms with Crippen molar-refractivity contribution in [3.8, 4) is 0 Å². The van der Waals surface area contributed by atoms with E-state index in [1.807, 2.05) is 13.0 Å². The van der Waals surface area contributed by atoms with Crippen molar-refractivity contribution in [2.45, 2.75) is 13.5 Å². The minimum Gasteiger partial charge on any atom is -0.384 e. The average Bonchev–Trinajstić information content (AvgIpc) is 1.95. The van der Waals surface area contributed by atoms with E-state index in [1.165, 1.54) is 0 Å². The summed E-state index contributed by atoms with van der Waals surface area (Å²) in [6.45, 7) is 2.59. The molecule has 0 aromatic carbocycles. The second-order valence-electron chi connectivity index (χ2n) is 2.47. The molecular weight excluding hydrogens is 140 g/mol. The maximum atomic E-state index is 5.47. The highest BCUT2D eigenvalue weighted by Gasteiger charge is 1.97. The molecule has 0 aliphatic rings. The first-order chi connectivity index (χ1) is 5.24. The molecule has 0 spiro atoms. The van der Waals surface area contributed by atoms with Gasteiger partial charge in [0.2, 0.25) is 0 Å². The smallest absolute Gasteiger partial charge is 0.123 e. The third kappa shape index (κ3) is 1.91. The second-order valence-corrected chi connectivity index (χ2v) is 2.47. The maximum Gasteiger partial charge on any atom is 0.123 e. The molecule has 0 atom stereocenters. The number of anilines is 1. The van der Waals surface area contributed by atoms with Gasteiger partial charge in [-0.1, -0.05) is 0 Å². The van der Waals surface area contributed by atoms with Gasteiger partial charge in [0.05, 0.1) is 6.61 Å². The predicted octanol–water partition coefficient (Wildman–Crippen LogP) is 1.12. The number of aromatic nitrogens is 1. The van der Waals surface area contributed by atoms with Crippen LogP contribution in [-0.2, 0) is 11.3 Å². The highest BCUT2D eigenvalue weighted by atomic mass is 16.5. The Balaban J connectivity index is 2.90. The first kappa shape index (κ1) is 8.01. The number of hydrogen-bond acceptors (Lipinski definition) is 3. The van der Waals surface area contributed by atoms with Gasteiger partial charge in [0.25, 0.3) is 0 Å². The Morgan fingerprint density at radius 1 is 1.64 bits per heavy atom. The van der Waals surface area contributed by atoms with Crippen LogP contribution in [0, 0.1) is 6.92 Å². The molecule has 0 aliphatic heterocycles. The standard InChI is InChI=1S/C8H12N2O/c1-6-3-8(9)10-4-7(6)5-11-2/h3-4H,5H2,1-2H3,(H2,9,10). The van der Waals surface area contributed by atoms with Crippen LogP contribution in [0.3, 0.4) is 0 Å². The summed E-state index contributed by atoms with van der Waals surface area (Å²) >= 11 is 0. The molecule has 0 aliphatic carbocycles. The number of nitrogen functional groups attached to an aromatic ring is 1. The highest BCUT2D eigenvalue weighted by molar-refractivity contribution is 5.35. The van der Waals surface area contributed by atoms with Crippen molar-refractivity contribution in [3.63, 3.8) is 0 Å². The van der Waals surface area contributed by atoms with E-state index in [0.29, 0.717) is 12.4 Å². The second kappa shape index (κ2) is 3.34. The molecule has 0 saturated carbocycles. The molecule has 0 fully saturated rings. The molecule has 1 rings (SSSR count). The average molecular weight is 152 g/mol. The maximum absolute atomic E-state index is 5.47. The Labute approximate surface area is 66.2 Å². The monoisotopic (exact) mass is 152 g/mol. The zero-order valence-corrected chi connectivity index (χ0v) is 6.79. The third-order valence-corrected chi connectivity index (χ3v) is 1.54. The molecule has 3 nitrogen and oxygen atoms in total. The van der Waals surface area contributed by atoms with Crippen molar-refractivity contribution >= 4 is 5.82 Å². The van der Waals surface area contributed by atoms with Crippen LogP contribution in [0.1, 0.15) is 11.1 Å². The molecule has 1 aromatic rings. The number of rotatable bonds is 2. The number of hydrogen-bond donors (Lipinski definition) is 1. The number of ether oxygens (including phenoxy) is 1. The molecule has 60 valence electrons. The lowest BCUT2D eigenvalue weighted by atomic mass is 10.2. The molecule has 0 unspecified atom stereocenters. The summed E-state index contributed by atoms with van der Waals surface area (Å²) in [5, 5.41) is 0. The number of methoxy groups -OCH3 is 1. The molecular formula is C8H12N2O. The molecule has 0 bridgehead atoms. The molecule has 2 N–H and O–H groups in total. The van der Waals surface area contributed by atoms with Gasteiger partial charge in [0, 0.05) is 13.3 Å². The van der Waals surface area contributed by atoms with E-state index >= 15 is 0 Å².